The van der Waals surface area contributed by atoms with Gasteiger partial charge < -0.3 is 14.6 Å². The van der Waals surface area contributed by atoms with Crippen LogP contribution >= 0.6 is 0 Å². The summed E-state index contributed by atoms with van der Waals surface area (Å²) < 4.78 is 10.2. The Kier molecular flexibility index (Phi) is 5.06. The van der Waals surface area contributed by atoms with Gasteiger partial charge in [-0.25, -0.2) is 4.79 Å². The molecule has 0 radical (unpaired) electrons. The molecule has 0 amide bonds. The molecule has 0 aliphatic rings. The summed E-state index contributed by atoms with van der Waals surface area (Å²) in [5.41, 5.74) is -0.330. The lowest BCUT2D eigenvalue weighted by Gasteiger charge is -2.07. The fourth-order valence-corrected chi connectivity index (χ4v) is 1.27. The van der Waals surface area contributed by atoms with Gasteiger partial charge in [0.1, 0.15) is 6.61 Å². The number of hydrogen-bond acceptors (Lipinski definition) is 5. The number of rotatable bonds is 7. The highest BCUT2D eigenvalue weighted by atomic mass is 16.6. The van der Waals surface area contributed by atoms with Gasteiger partial charge in [0.15, 0.2) is 5.75 Å². The Morgan fingerprint density at radius 3 is 2.72 bits per heavy atom. The van der Waals surface area contributed by atoms with Gasteiger partial charge in [-0.2, -0.15) is 0 Å². The van der Waals surface area contributed by atoms with Crippen molar-refractivity contribution in [3.8, 4) is 5.75 Å². The number of nitro benzene ring substituents is 1. The van der Waals surface area contributed by atoms with Crippen molar-refractivity contribution in [2.24, 2.45) is 0 Å². The smallest absolute Gasteiger partial charge is 0.335 e. The second-order valence-corrected chi connectivity index (χ2v) is 3.29. The first-order valence-corrected chi connectivity index (χ1v) is 5.28. The first-order chi connectivity index (χ1) is 8.56. The van der Waals surface area contributed by atoms with E-state index in [0.29, 0.717) is 6.61 Å². The molecule has 98 valence electrons. The van der Waals surface area contributed by atoms with Crippen LogP contribution in [0.1, 0.15) is 17.3 Å². The topological polar surface area (TPSA) is 98.9 Å². The van der Waals surface area contributed by atoms with Crippen molar-refractivity contribution < 1.29 is 24.3 Å². The van der Waals surface area contributed by atoms with E-state index in [4.69, 9.17) is 14.6 Å². The summed E-state index contributed by atoms with van der Waals surface area (Å²) in [6.07, 6.45) is 0. The molecule has 1 N–H and O–H groups in total. The molecule has 1 rings (SSSR count). The molecule has 0 saturated carbocycles. The van der Waals surface area contributed by atoms with Gasteiger partial charge in [-0.05, 0) is 13.0 Å². The average molecular weight is 255 g/mol. The molecule has 18 heavy (non-hydrogen) atoms. The van der Waals surface area contributed by atoms with Gasteiger partial charge in [0.05, 0.1) is 17.1 Å². The first-order valence-electron chi connectivity index (χ1n) is 5.28. The molecule has 0 spiro atoms. The molecule has 0 aliphatic carbocycles. The number of carbonyl (C=O) groups is 1. The Bertz CT molecular complexity index is 445. The standard InChI is InChI=1S/C11H13NO6/c1-2-17-5-6-18-10-7-8(11(13)14)3-4-9(10)12(15)16/h3-4,7H,2,5-6H2,1H3,(H,13,14). The fraction of sp³-hybridized carbons (Fsp3) is 0.364. The molecule has 7 heteroatoms. The summed E-state index contributed by atoms with van der Waals surface area (Å²) >= 11 is 0. The van der Waals surface area contributed by atoms with E-state index >= 15 is 0 Å². The predicted octanol–water partition coefficient (Wildman–Crippen LogP) is 1.71. The molecule has 0 unspecified atom stereocenters. The maximum atomic E-state index is 10.8. The van der Waals surface area contributed by atoms with E-state index in [9.17, 15) is 14.9 Å². The number of carboxylic acids is 1. The molecule has 0 heterocycles. The quantitative estimate of drug-likeness (QED) is 0.452. The normalized spacial score (nSPS) is 10.1. The molecule has 1 aromatic rings. The summed E-state index contributed by atoms with van der Waals surface area (Å²) in [5.74, 6) is -1.24. The minimum Gasteiger partial charge on any atom is -0.484 e. The molecule has 0 saturated heterocycles. The van der Waals surface area contributed by atoms with E-state index < -0.39 is 10.9 Å². The monoisotopic (exact) mass is 255 g/mol. The molecular weight excluding hydrogens is 242 g/mol. The highest BCUT2D eigenvalue weighted by molar-refractivity contribution is 5.88. The second-order valence-electron chi connectivity index (χ2n) is 3.29. The molecule has 1 aromatic carbocycles. The average Bonchev–Trinajstić information content (AvgIpc) is 2.34. The van der Waals surface area contributed by atoms with Crippen LogP contribution in [0.4, 0.5) is 5.69 Å². The largest absolute Gasteiger partial charge is 0.484 e. The SMILES string of the molecule is CCOCCOc1cc(C(=O)O)ccc1[N+](=O)[O-]. The number of nitrogens with zero attached hydrogens (tertiary/aromatic N) is 1. The lowest BCUT2D eigenvalue weighted by molar-refractivity contribution is -0.385. The van der Waals surface area contributed by atoms with Crippen LogP contribution in [0.5, 0.6) is 5.75 Å². The summed E-state index contributed by atoms with van der Waals surface area (Å²) in [7, 11) is 0. The number of carboxylic acid groups (broad SMARTS) is 1. The van der Waals surface area contributed by atoms with E-state index in [-0.39, 0.29) is 30.2 Å². The van der Waals surface area contributed by atoms with Crippen molar-refractivity contribution in [3.63, 3.8) is 0 Å². The Morgan fingerprint density at radius 2 is 2.17 bits per heavy atom. The van der Waals surface area contributed by atoms with Crippen LogP contribution in [0.2, 0.25) is 0 Å². The number of benzene rings is 1. The highest BCUT2D eigenvalue weighted by Crippen LogP contribution is 2.27. The molecule has 0 atom stereocenters. The van der Waals surface area contributed by atoms with Crippen LogP contribution in [-0.4, -0.2) is 35.8 Å². The van der Waals surface area contributed by atoms with Crippen LogP contribution in [0.25, 0.3) is 0 Å². The predicted molar refractivity (Wildman–Crippen MR) is 62.0 cm³/mol. The molecule has 0 fully saturated rings. The van der Waals surface area contributed by atoms with Gasteiger partial charge in [0.25, 0.3) is 0 Å². The third-order valence-corrected chi connectivity index (χ3v) is 2.09. The lowest BCUT2D eigenvalue weighted by Crippen LogP contribution is -2.08. The fourth-order valence-electron chi connectivity index (χ4n) is 1.27. The van der Waals surface area contributed by atoms with Crippen LogP contribution in [0, 0.1) is 10.1 Å². The number of hydrogen-bond donors (Lipinski definition) is 1. The highest BCUT2D eigenvalue weighted by Gasteiger charge is 2.17. The number of nitro groups is 1. The minimum atomic E-state index is -1.17. The van der Waals surface area contributed by atoms with Crippen molar-refractivity contribution in [2.45, 2.75) is 6.92 Å². The van der Waals surface area contributed by atoms with E-state index in [1.54, 1.807) is 0 Å². The number of aromatic carboxylic acids is 1. The van der Waals surface area contributed by atoms with Crippen LogP contribution < -0.4 is 4.74 Å². The zero-order valence-electron chi connectivity index (χ0n) is 9.79. The van der Waals surface area contributed by atoms with Gasteiger partial charge in [-0.3, -0.25) is 10.1 Å². The molecule has 0 aliphatic heterocycles. The second kappa shape index (κ2) is 6.55. The van der Waals surface area contributed by atoms with Crippen molar-refractivity contribution in [1.29, 1.82) is 0 Å². The Hall–Kier alpha value is -2.15. The maximum Gasteiger partial charge on any atom is 0.335 e. The van der Waals surface area contributed by atoms with Crippen molar-refractivity contribution in [2.75, 3.05) is 19.8 Å². The van der Waals surface area contributed by atoms with Crippen LogP contribution in [0.3, 0.4) is 0 Å². The summed E-state index contributed by atoms with van der Waals surface area (Å²) in [6, 6.07) is 3.40. The summed E-state index contributed by atoms with van der Waals surface area (Å²) in [6.45, 7) is 2.73. The van der Waals surface area contributed by atoms with Crippen molar-refractivity contribution in [3.05, 3.63) is 33.9 Å². The molecular formula is C11H13NO6. The lowest BCUT2D eigenvalue weighted by atomic mass is 10.2. The Balaban J connectivity index is 2.86. The summed E-state index contributed by atoms with van der Waals surface area (Å²) in [4.78, 5) is 20.9. The van der Waals surface area contributed by atoms with E-state index in [2.05, 4.69) is 0 Å². The Labute approximate surface area is 103 Å². The Morgan fingerprint density at radius 1 is 1.44 bits per heavy atom. The third kappa shape index (κ3) is 3.70. The zero-order valence-corrected chi connectivity index (χ0v) is 9.79. The minimum absolute atomic E-state index is 0.0630. The van der Waals surface area contributed by atoms with Gasteiger partial charge in [-0.15, -0.1) is 0 Å². The zero-order chi connectivity index (χ0) is 13.5. The summed E-state index contributed by atoms with van der Waals surface area (Å²) in [5, 5.41) is 19.5. The maximum absolute atomic E-state index is 10.8. The number of ether oxygens (including phenoxy) is 2. The van der Waals surface area contributed by atoms with Gasteiger partial charge in [0.2, 0.25) is 0 Å². The van der Waals surface area contributed by atoms with Crippen LogP contribution in [0.15, 0.2) is 18.2 Å². The third-order valence-electron chi connectivity index (χ3n) is 2.09. The van der Waals surface area contributed by atoms with Crippen molar-refractivity contribution >= 4 is 11.7 Å². The molecule has 0 bridgehead atoms. The van der Waals surface area contributed by atoms with Gasteiger partial charge >= 0.3 is 11.7 Å². The van der Waals surface area contributed by atoms with E-state index in [0.717, 1.165) is 18.2 Å². The molecule has 0 aromatic heterocycles. The van der Waals surface area contributed by atoms with Crippen molar-refractivity contribution in [1.82, 2.24) is 0 Å². The van der Waals surface area contributed by atoms with Gasteiger partial charge in [-0.1, -0.05) is 0 Å². The van der Waals surface area contributed by atoms with E-state index in [1.165, 1.54) is 0 Å². The molecule has 7 nitrogen and oxygen atoms in total. The van der Waals surface area contributed by atoms with Crippen LogP contribution in [-0.2, 0) is 4.74 Å². The van der Waals surface area contributed by atoms with Gasteiger partial charge in [0, 0.05) is 18.7 Å². The van der Waals surface area contributed by atoms with E-state index in [1.807, 2.05) is 6.92 Å². The first kappa shape index (κ1) is 13.9.